The molecule has 0 fully saturated rings. The summed E-state index contributed by atoms with van der Waals surface area (Å²) in [4.78, 5) is 6.90. The van der Waals surface area contributed by atoms with E-state index in [1.165, 1.54) is 33.3 Å². The lowest BCUT2D eigenvalue weighted by Gasteiger charge is -2.13. The maximum Gasteiger partial charge on any atom is 0.120 e. The molecule has 3 heterocycles. The van der Waals surface area contributed by atoms with E-state index in [-0.39, 0.29) is 0 Å². The fourth-order valence-electron chi connectivity index (χ4n) is 3.62. The van der Waals surface area contributed by atoms with Crippen LogP contribution in [-0.2, 0) is 12.8 Å². The van der Waals surface area contributed by atoms with Crippen LogP contribution >= 0.6 is 11.3 Å². The van der Waals surface area contributed by atoms with Crippen LogP contribution in [0.4, 0.5) is 0 Å². The van der Waals surface area contributed by atoms with E-state index in [1.807, 2.05) is 11.6 Å². The third-order valence-electron chi connectivity index (χ3n) is 4.94. The molecule has 0 atom stereocenters. The molecule has 2 aromatic heterocycles. The van der Waals surface area contributed by atoms with Gasteiger partial charge in [-0.2, -0.15) is 0 Å². The summed E-state index contributed by atoms with van der Waals surface area (Å²) in [5.41, 5.74) is 6.88. The van der Waals surface area contributed by atoms with Gasteiger partial charge in [-0.1, -0.05) is 11.6 Å². The number of aromatic nitrogens is 2. The zero-order valence-corrected chi connectivity index (χ0v) is 15.4. The number of thiazole rings is 1. The minimum absolute atomic E-state index is 1.10. The summed E-state index contributed by atoms with van der Waals surface area (Å²) < 4.78 is 2.42. The minimum atomic E-state index is 1.10. The second-order valence-corrected chi connectivity index (χ2v) is 7.66. The number of benzene rings is 1. The topological polar surface area (TPSA) is 21.1 Å². The van der Waals surface area contributed by atoms with Gasteiger partial charge in [-0.25, -0.2) is 4.98 Å². The molecule has 1 aliphatic heterocycles. The fraction of sp³-hybridized carbons (Fsp3) is 0.350. The van der Waals surface area contributed by atoms with Crippen LogP contribution in [0.5, 0.6) is 0 Å². The zero-order valence-electron chi connectivity index (χ0n) is 14.5. The molecular weight excluding hydrogens is 314 g/mol. The van der Waals surface area contributed by atoms with Crippen LogP contribution in [0.2, 0.25) is 0 Å². The number of hydrogen-bond donors (Lipinski definition) is 0. The highest BCUT2D eigenvalue weighted by atomic mass is 32.1. The van der Waals surface area contributed by atoms with Gasteiger partial charge in [0, 0.05) is 53.9 Å². The molecule has 0 aliphatic carbocycles. The number of rotatable bonds is 2. The molecule has 0 spiro atoms. The lowest BCUT2D eigenvalue weighted by molar-refractivity contribution is 0.351. The van der Waals surface area contributed by atoms with E-state index >= 15 is 0 Å². The van der Waals surface area contributed by atoms with Gasteiger partial charge in [0.15, 0.2) is 0 Å². The number of hydrogen-bond acceptors (Lipinski definition) is 3. The van der Waals surface area contributed by atoms with Crippen molar-refractivity contribution in [1.82, 2.24) is 14.5 Å². The maximum atomic E-state index is 4.46. The molecule has 1 aromatic carbocycles. The number of nitrogens with zero attached hydrogens (tertiary/aromatic N) is 3. The molecule has 0 amide bonds. The molecule has 0 bridgehead atoms. The number of likely N-dealkylation sites (N-methyl/N-ethyl adjacent to an activating group) is 1. The SMILES string of the molecule is C/C(=C\n1c2c(c3cc(C)ccc31)CCN(C)CC2)c1nccs1. The summed E-state index contributed by atoms with van der Waals surface area (Å²) in [7, 11) is 2.22. The van der Waals surface area contributed by atoms with Gasteiger partial charge in [0.25, 0.3) is 0 Å². The molecule has 0 saturated carbocycles. The van der Waals surface area contributed by atoms with E-state index in [9.17, 15) is 0 Å². The molecule has 0 unspecified atom stereocenters. The van der Waals surface area contributed by atoms with Crippen LogP contribution in [0.1, 0.15) is 28.8 Å². The normalized spacial score (nSPS) is 16.4. The van der Waals surface area contributed by atoms with Crippen molar-refractivity contribution in [3.8, 4) is 0 Å². The first kappa shape index (κ1) is 15.6. The summed E-state index contributed by atoms with van der Waals surface area (Å²) in [6.45, 7) is 6.60. The third kappa shape index (κ3) is 2.70. The first-order valence-corrected chi connectivity index (χ1v) is 9.40. The van der Waals surface area contributed by atoms with Crippen molar-refractivity contribution in [2.24, 2.45) is 0 Å². The standard InChI is InChI=1S/C20H23N3S/c1-14-4-5-18-17(12-14)16-6-9-22(3)10-7-19(16)23(18)13-15(2)20-21-8-11-24-20/h4-5,8,11-13H,6-7,9-10H2,1-3H3/b15-13+. The summed E-state index contributed by atoms with van der Waals surface area (Å²) in [6, 6.07) is 6.84. The Morgan fingerprint density at radius 1 is 1.25 bits per heavy atom. The number of fused-ring (bicyclic) bond motifs is 3. The Morgan fingerprint density at radius 3 is 2.88 bits per heavy atom. The quantitative estimate of drug-likeness (QED) is 0.688. The largest absolute Gasteiger partial charge is 0.320 e. The van der Waals surface area contributed by atoms with Crippen LogP contribution in [-0.4, -0.2) is 34.6 Å². The number of aryl methyl sites for hydroxylation is 1. The molecule has 4 heteroatoms. The Balaban J connectivity index is 1.93. The molecule has 0 saturated heterocycles. The van der Waals surface area contributed by atoms with Gasteiger partial charge < -0.3 is 9.47 Å². The van der Waals surface area contributed by atoms with Crippen molar-refractivity contribution in [1.29, 1.82) is 0 Å². The molecule has 124 valence electrons. The van der Waals surface area contributed by atoms with Crippen LogP contribution in [0.25, 0.3) is 22.7 Å². The number of allylic oxidation sites excluding steroid dienone is 1. The molecule has 0 N–H and O–H groups in total. The van der Waals surface area contributed by atoms with Crippen LogP contribution in [0, 0.1) is 6.92 Å². The van der Waals surface area contributed by atoms with Crippen LogP contribution in [0.3, 0.4) is 0 Å². The van der Waals surface area contributed by atoms with Crippen molar-refractivity contribution >= 4 is 34.0 Å². The fourth-order valence-corrected chi connectivity index (χ4v) is 4.23. The monoisotopic (exact) mass is 337 g/mol. The third-order valence-corrected chi connectivity index (χ3v) is 5.85. The molecule has 0 radical (unpaired) electrons. The first-order chi connectivity index (χ1) is 11.6. The molecule has 3 nitrogen and oxygen atoms in total. The van der Waals surface area contributed by atoms with Crippen molar-refractivity contribution in [3.63, 3.8) is 0 Å². The lowest BCUT2D eigenvalue weighted by atomic mass is 10.1. The Hall–Kier alpha value is -1.91. The Kier molecular flexibility index (Phi) is 4.02. The van der Waals surface area contributed by atoms with Crippen molar-refractivity contribution in [2.75, 3.05) is 20.1 Å². The van der Waals surface area contributed by atoms with E-state index < -0.39 is 0 Å². The molecule has 1 aliphatic rings. The van der Waals surface area contributed by atoms with Gasteiger partial charge in [0.2, 0.25) is 0 Å². The summed E-state index contributed by atoms with van der Waals surface area (Å²) in [6.07, 6.45) is 6.38. The minimum Gasteiger partial charge on any atom is -0.320 e. The summed E-state index contributed by atoms with van der Waals surface area (Å²) in [5.74, 6) is 0. The Bertz CT molecular complexity index is 903. The molecule has 24 heavy (non-hydrogen) atoms. The van der Waals surface area contributed by atoms with Crippen molar-refractivity contribution in [3.05, 3.63) is 51.6 Å². The van der Waals surface area contributed by atoms with Gasteiger partial charge in [0.1, 0.15) is 5.01 Å². The summed E-state index contributed by atoms with van der Waals surface area (Å²) in [5, 5.41) is 4.56. The predicted octanol–water partition coefficient (Wildman–Crippen LogP) is 4.45. The van der Waals surface area contributed by atoms with Crippen molar-refractivity contribution < 1.29 is 0 Å². The van der Waals surface area contributed by atoms with E-state index in [4.69, 9.17) is 0 Å². The van der Waals surface area contributed by atoms with E-state index in [0.717, 1.165) is 30.9 Å². The van der Waals surface area contributed by atoms with Crippen LogP contribution < -0.4 is 0 Å². The van der Waals surface area contributed by atoms with Crippen molar-refractivity contribution in [2.45, 2.75) is 26.7 Å². The molecule has 3 aromatic rings. The zero-order chi connectivity index (χ0) is 16.7. The van der Waals surface area contributed by atoms with Gasteiger partial charge >= 0.3 is 0 Å². The van der Waals surface area contributed by atoms with Crippen LogP contribution in [0.15, 0.2) is 29.8 Å². The summed E-state index contributed by atoms with van der Waals surface area (Å²) >= 11 is 1.70. The average molecular weight is 337 g/mol. The van der Waals surface area contributed by atoms with E-state index in [0.29, 0.717) is 0 Å². The van der Waals surface area contributed by atoms with Gasteiger partial charge in [-0.15, -0.1) is 11.3 Å². The highest BCUT2D eigenvalue weighted by Crippen LogP contribution is 2.31. The smallest absolute Gasteiger partial charge is 0.120 e. The first-order valence-electron chi connectivity index (χ1n) is 8.52. The van der Waals surface area contributed by atoms with Gasteiger partial charge in [-0.05, 0) is 45.0 Å². The second-order valence-electron chi connectivity index (χ2n) is 6.77. The highest BCUT2D eigenvalue weighted by Gasteiger charge is 2.20. The van der Waals surface area contributed by atoms with E-state index in [2.05, 4.69) is 59.7 Å². The highest BCUT2D eigenvalue weighted by molar-refractivity contribution is 7.10. The predicted molar refractivity (Wildman–Crippen MR) is 104 cm³/mol. The Labute approximate surface area is 147 Å². The van der Waals surface area contributed by atoms with Gasteiger partial charge in [-0.3, -0.25) is 0 Å². The second kappa shape index (κ2) is 6.19. The maximum absolute atomic E-state index is 4.46. The molecule has 4 rings (SSSR count). The van der Waals surface area contributed by atoms with Gasteiger partial charge in [0.05, 0.1) is 5.52 Å². The van der Waals surface area contributed by atoms with E-state index in [1.54, 1.807) is 11.3 Å². The average Bonchev–Trinajstić information content (AvgIpc) is 3.13. The Morgan fingerprint density at radius 2 is 2.08 bits per heavy atom. The lowest BCUT2D eigenvalue weighted by Crippen LogP contribution is -2.21. The molecular formula is C20H23N3S.